The van der Waals surface area contributed by atoms with E-state index in [1.54, 1.807) is 21.5 Å². The van der Waals surface area contributed by atoms with Crippen LogP contribution >= 0.6 is 0 Å². The van der Waals surface area contributed by atoms with Crippen molar-refractivity contribution in [1.29, 1.82) is 0 Å². The van der Waals surface area contributed by atoms with E-state index < -0.39 is 8.07 Å². The van der Waals surface area contributed by atoms with Crippen LogP contribution in [-0.2, 0) is 0 Å². The van der Waals surface area contributed by atoms with Crippen molar-refractivity contribution >= 4 is 8.07 Å². The van der Waals surface area contributed by atoms with E-state index in [4.69, 9.17) is 0 Å². The van der Waals surface area contributed by atoms with Crippen molar-refractivity contribution in [2.75, 3.05) is 0 Å². The standard InChI is InChI=1S/C16H24Si/c1-5-13-9-7-11-15(13)17(3,4)16-12-8-10-14(16)6-2/h9-12H,5-8H2,1-4H3. The van der Waals surface area contributed by atoms with Gasteiger partial charge < -0.3 is 0 Å². The molecule has 0 radical (unpaired) electrons. The lowest BCUT2D eigenvalue weighted by Gasteiger charge is -2.29. The highest BCUT2D eigenvalue weighted by molar-refractivity contribution is 6.92. The van der Waals surface area contributed by atoms with Crippen molar-refractivity contribution < 1.29 is 0 Å². The van der Waals surface area contributed by atoms with Crippen molar-refractivity contribution in [1.82, 2.24) is 0 Å². The number of hydrogen-bond donors (Lipinski definition) is 0. The molecule has 0 atom stereocenters. The van der Waals surface area contributed by atoms with Crippen LogP contribution in [0.3, 0.4) is 0 Å². The molecule has 0 fully saturated rings. The van der Waals surface area contributed by atoms with Gasteiger partial charge in [0.15, 0.2) is 0 Å². The highest BCUT2D eigenvalue weighted by atomic mass is 28.3. The Morgan fingerprint density at radius 3 is 1.59 bits per heavy atom. The average molecular weight is 244 g/mol. The molecule has 0 heterocycles. The maximum absolute atomic E-state index is 2.52. The average Bonchev–Trinajstić information content (AvgIpc) is 2.97. The van der Waals surface area contributed by atoms with Gasteiger partial charge in [0.05, 0.1) is 0 Å². The molecule has 0 aromatic carbocycles. The molecule has 0 unspecified atom stereocenters. The van der Waals surface area contributed by atoms with Crippen LogP contribution in [0.1, 0.15) is 39.5 Å². The molecule has 0 aliphatic heterocycles. The summed E-state index contributed by atoms with van der Waals surface area (Å²) in [7, 11) is -1.42. The second kappa shape index (κ2) is 4.81. The summed E-state index contributed by atoms with van der Waals surface area (Å²) < 4.78 is 0. The Hall–Kier alpha value is -0.823. The molecule has 2 aliphatic rings. The molecule has 0 aromatic rings. The van der Waals surface area contributed by atoms with Gasteiger partial charge in [-0.05, 0) is 25.7 Å². The lowest BCUT2D eigenvalue weighted by Crippen LogP contribution is -2.33. The Balaban J connectivity index is 2.32. The fraction of sp³-hybridized carbons (Fsp3) is 0.500. The Labute approximate surface area is 107 Å². The van der Waals surface area contributed by atoms with Gasteiger partial charge in [-0.1, -0.05) is 72.8 Å². The second-order valence-corrected chi connectivity index (χ2v) is 9.83. The highest BCUT2D eigenvalue weighted by Gasteiger charge is 2.35. The third kappa shape index (κ3) is 2.13. The molecule has 2 rings (SSSR count). The first-order chi connectivity index (χ1) is 8.11. The zero-order valence-corrected chi connectivity index (χ0v) is 12.6. The summed E-state index contributed by atoms with van der Waals surface area (Å²) in [5, 5.41) is 3.40. The molecule has 0 spiro atoms. The van der Waals surface area contributed by atoms with Gasteiger partial charge in [0.2, 0.25) is 0 Å². The topological polar surface area (TPSA) is 0 Å². The molecule has 0 amide bonds. The first-order valence-electron chi connectivity index (χ1n) is 6.91. The lowest BCUT2D eigenvalue weighted by molar-refractivity contribution is 1.12. The molecule has 0 aromatic heterocycles. The molecule has 2 aliphatic carbocycles. The summed E-state index contributed by atoms with van der Waals surface area (Å²) >= 11 is 0. The predicted molar refractivity (Wildman–Crippen MR) is 79.6 cm³/mol. The van der Waals surface area contributed by atoms with Crippen molar-refractivity contribution in [3.05, 3.63) is 45.8 Å². The molecule has 92 valence electrons. The quantitative estimate of drug-likeness (QED) is 0.603. The van der Waals surface area contributed by atoms with Crippen molar-refractivity contribution in [3.8, 4) is 0 Å². The summed E-state index contributed by atoms with van der Waals surface area (Å²) in [6, 6.07) is 0. The highest BCUT2D eigenvalue weighted by Crippen LogP contribution is 2.39. The molecular formula is C16H24Si. The Morgan fingerprint density at radius 2 is 1.24 bits per heavy atom. The lowest BCUT2D eigenvalue weighted by atomic mass is 10.2. The van der Waals surface area contributed by atoms with Gasteiger partial charge >= 0.3 is 0 Å². The molecular weight excluding hydrogens is 220 g/mol. The van der Waals surface area contributed by atoms with E-state index in [0.29, 0.717) is 0 Å². The smallest absolute Gasteiger partial charge is 0.0808 e. The van der Waals surface area contributed by atoms with Crippen LogP contribution in [0, 0.1) is 0 Å². The maximum atomic E-state index is 2.52. The van der Waals surface area contributed by atoms with E-state index in [1.165, 1.54) is 12.8 Å². The number of hydrogen-bond acceptors (Lipinski definition) is 0. The van der Waals surface area contributed by atoms with Crippen LogP contribution in [0.5, 0.6) is 0 Å². The number of allylic oxidation sites excluding steroid dienone is 8. The van der Waals surface area contributed by atoms with E-state index >= 15 is 0 Å². The van der Waals surface area contributed by atoms with Crippen molar-refractivity contribution in [2.45, 2.75) is 52.6 Å². The van der Waals surface area contributed by atoms with E-state index in [9.17, 15) is 0 Å². The Bertz CT molecular complexity index is 390. The molecule has 0 nitrogen and oxygen atoms in total. The summed E-state index contributed by atoms with van der Waals surface area (Å²) in [5.74, 6) is 0. The van der Waals surface area contributed by atoms with Gasteiger partial charge in [0, 0.05) is 0 Å². The maximum Gasteiger partial charge on any atom is 0.112 e. The normalized spacial score (nSPS) is 20.0. The minimum absolute atomic E-state index is 1.16. The van der Waals surface area contributed by atoms with Crippen LogP contribution in [0.15, 0.2) is 45.8 Å². The van der Waals surface area contributed by atoms with Gasteiger partial charge in [-0.3, -0.25) is 0 Å². The van der Waals surface area contributed by atoms with Gasteiger partial charge in [-0.2, -0.15) is 0 Å². The SMILES string of the molecule is CCC1=CCC=C1[Si](C)(C)C1=CCC=C1CC. The minimum atomic E-state index is -1.42. The zero-order valence-electron chi connectivity index (χ0n) is 11.6. The summed E-state index contributed by atoms with van der Waals surface area (Å²) in [4.78, 5) is 0. The predicted octanol–water partition coefficient (Wildman–Crippen LogP) is 5.11. The van der Waals surface area contributed by atoms with Gasteiger partial charge in [-0.25, -0.2) is 0 Å². The Kier molecular flexibility index (Phi) is 3.57. The molecule has 0 saturated carbocycles. The Morgan fingerprint density at radius 1 is 0.824 bits per heavy atom. The van der Waals surface area contributed by atoms with Gasteiger partial charge in [0.25, 0.3) is 0 Å². The summed E-state index contributed by atoms with van der Waals surface area (Å²) in [6.45, 7) is 9.62. The van der Waals surface area contributed by atoms with E-state index in [-0.39, 0.29) is 0 Å². The third-order valence-corrected chi connectivity index (χ3v) is 7.92. The first kappa shape index (κ1) is 12.6. The summed E-state index contributed by atoms with van der Waals surface area (Å²) in [5.41, 5.74) is 3.23. The van der Waals surface area contributed by atoms with Crippen LogP contribution in [0.2, 0.25) is 13.1 Å². The van der Waals surface area contributed by atoms with Crippen LogP contribution in [0.25, 0.3) is 0 Å². The van der Waals surface area contributed by atoms with Crippen LogP contribution < -0.4 is 0 Å². The van der Waals surface area contributed by atoms with Crippen molar-refractivity contribution in [3.63, 3.8) is 0 Å². The van der Waals surface area contributed by atoms with Crippen LogP contribution in [0.4, 0.5) is 0 Å². The minimum Gasteiger partial charge on any atom is -0.0808 e. The third-order valence-electron chi connectivity index (χ3n) is 4.17. The molecule has 17 heavy (non-hydrogen) atoms. The fourth-order valence-corrected chi connectivity index (χ4v) is 6.96. The van der Waals surface area contributed by atoms with E-state index in [1.807, 2.05) is 0 Å². The molecule has 0 N–H and O–H groups in total. The summed E-state index contributed by atoms with van der Waals surface area (Å²) in [6.07, 6.45) is 14.5. The number of rotatable bonds is 4. The zero-order chi connectivity index (χ0) is 12.5. The van der Waals surface area contributed by atoms with Gasteiger partial charge in [-0.15, -0.1) is 0 Å². The van der Waals surface area contributed by atoms with Crippen molar-refractivity contribution in [2.24, 2.45) is 0 Å². The van der Waals surface area contributed by atoms with Gasteiger partial charge in [0.1, 0.15) is 8.07 Å². The van der Waals surface area contributed by atoms with E-state index in [0.717, 1.165) is 12.8 Å². The molecule has 0 bridgehead atoms. The van der Waals surface area contributed by atoms with Crippen LogP contribution in [-0.4, -0.2) is 8.07 Å². The van der Waals surface area contributed by atoms with E-state index in [2.05, 4.69) is 51.2 Å². The monoisotopic (exact) mass is 244 g/mol. The molecule has 0 saturated heterocycles. The largest absolute Gasteiger partial charge is 0.112 e. The second-order valence-electron chi connectivity index (χ2n) is 5.50. The molecule has 1 heteroatoms. The first-order valence-corrected chi connectivity index (χ1v) is 9.91. The fourth-order valence-electron chi connectivity index (χ4n) is 3.25.